The zero-order chi connectivity index (χ0) is 18.4. The maximum Gasteiger partial charge on any atom is 0.169 e. The molecule has 1 aliphatic heterocycles. The van der Waals surface area contributed by atoms with E-state index in [9.17, 15) is 4.79 Å². The van der Waals surface area contributed by atoms with E-state index in [4.69, 9.17) is 21.4 Å². The molecule has 3 rings (SSSR count). The van der Waals surface area contributed by atoms with E-state index >= 15 is 0 Å². The quantitative estimate of drug-likeness (QED) is 0.617. The summed E-state index contributed by atoms with van der Waals surface area (Å²) in [6.07, 6.45) is 3.28. The Kier molecular flexibility index (Phi) is 6.28. The number of hydrogen-bond donors (Lipinski definition) is 1. The number of carbonyl (C=O) groups is 1. The van der Waals surface area contributed by atoms with Crippen LogP contribution in [0.4, 0.5) is 0 Å². The van der Waals surface area contributed by atoms with E-state index in [1.807, 2.05) is 43.3 Å². The van der Waals surface area contributed by atoms with Crippen LogP contribution in [-0.4, -0.2) is 35.5 Å². The van der Waals surface area contributed by atoms with Crippen molar-refractivity contribution in [2.75, 3.05) is 19.7 Å². The van der Waals surface area contributed by atoms with Gasteiger partial charge in [0.15, 0.2) is 10.9 Å². The number of ketones is 1. The Balaban J connectivity index is 1.48. The first-order valence-electron chi connectivity index (χ1n) is 8.99. The number of furan rings is 1. The Morgan fingerprint density at radius 2 is 2.00 bits per heavy atom. The number of rotatable bonds is 6. The summed E-state index contributed by atoms with van der Waals surface area (Å²) in [6.45, 7) is 4.73. The molecule has 2 aromatic rings. The molecule has 1 saturated heterocycles. The lowest BCUT2D eigenvalue weighted by atomic mass is 9.89. The van der Waals surface area contributed by atoms with Crippen molar-refractivity contribution >= 4 is 23.1 Å². The van der Waals surface area contributed by atoms with Gasteiger partial charge >= 0.3 is 0 Å². The van der Waals surface area contributed by atoms with Crippen LogP contribution in [0.1, 0.15) is 35.9 Å². The van der Waals surface area contributed by atoms with Gasteiger partial charge in [-0.15, -0.1) is 0 Å². The molecule has 6 heteroatoms. The number of Topliss-reactive ketones (excluding diaryl/α,β-unsaturated/α-hetero) is 1. The summed E-state index contributed by atoms with van der Waals surface area (Å²) in [4.78, 5) is 14.8. The third-order valence-corrected chi connectivity index (χ3v) is 5.00. The van der Waals surface area contributed by atoms with Gasteiger partial charge in [0.2, 0.25) is 0 Å². The van der Waals surface area contributed by atoms with E-state index in [1.54, 1.807) is 6.26 Å². The predicted molar refractivity (Wildman–Crippen MR) is 104 cm³/mol. The molecular formula is C20H24N2O3S. The number of carbonyl (C=O) groups excluding carboxylic acids is 1. The summed E-state index contributed by atoms with van der Waals surface area (Å²) in [5.41, 5.74) is 0.755. The highest BCUT2D eigenvalue weighted by molar-refractivity contribution is 7.80. The highest BCUT2D eigenvalue weighted by Gasteiger charge is 2.26. The molecule has 26 heavy (non-hydrogen) atoms. The van der Waals surface area contributed by atoms with Gasteiger partial charge in [-0.3, -0.25) is 4.79 Å². The van der Waals surface area contributed by atoms with Crippen molar-refractivity contribution < 1.29 is 13.9 Å². The van der Waals surface area contributed by atoms with Gasteiger partial charge in [-0.05, 0) is 68.4 Å². The summed E-state index contributed by atoms with van der Waals surface area (Å²) in [5.74, 6) is 1.92. The molecule has 0 unspecified atom stereocenters. The molecule has 1 fully saturated rings. The molecule has 0 amide bonds. The second-order valence-electron chi connectivity index (χ2n) is 6.32. The van der Waals surface area contributed by atoms with E-state index < -0.39 is 0 Å². The number of ether oxygens (including phenoxy) is 1. The molecular weight excluding hydrogens is 348 g/mol. The normalized spacial score (nSPS) is 14.9. The minimum atomic E-state index is 0.0528. The third kappa shape index (κ3) is 4.64. The molecule has 5 nitrogen and oxygen atoms in total. The molecule has 1 aromatic carbocycles. The van der Waals surface area contributed by atoms with Crippen molar-refractivity contribution in [3.8, 4) is 5.75 Å². The molecule has 2 heterocycles. The van der Waals surface area contributed by atoms with Gasteiger partial charge in [-0.2, -0.15) is 0 Å². The van der Waals surface area contributed by atoms with Crippen molar-refractivity contribution in [2.45, 2.75) is 26.3 Å². The highest BCUT2D eigenvalue weighted by Crippen LogP contribution is 2.23. The fourth-order valence-electron chi connectivity index (χ4n) is 3.15. The molecule has 0 bridgehead atoms. The number of benzene rings is 1. The van der Waals surface area contributed by atoms with E-state index in [2.05, 4.69) is 10.2 Å². The second-order valence-corrected chi connectivity index (χ2v) is 6.71. The maximum atomic E-state index is 12.7. The Bertz CT molecular complexity index is 720. The minimum absolute atomic E-state index is 0.0528. The van der Waals surface area contributed by atoms with Gasteiger partial charge in [-0.1, -0.05) is 0 Å². The summed E-state index contributed by atoms with van der Waals surface area (Å²) in [7, 11) is 0. The van der Waals surface area contributed by atoms with E-state index in [0.717, 1.165) is 43.0 Å². The molecule has 0 aliphatic carbocycles. The Hall–Kier alpha value is -2.34. The van der Waals surface area contributed by atoms with Gasteiger partial charge in [0, 0.05) is 24.6 Å². The predicted octanol–water partition coefficient (Wildman–Crippen LogP) is 3.65. The lowest BCUT2D eigenvalue weighted by Crippen LogP contribution is -2.45. The van der Waals surface area contributed by atoms with Gasteiger partial charge in [0.05, 0.1) is 19.4 Å². The van der Waals surface area contributed by atoms with Crippen LogP contribution < -0.4 is 10.1 Å². The number of nitrogens with zero attached hydrogens (tertiary/aromatic N) is 1. The van der Waals surface area contributed by atoms with Crippen LogP contribution >= 0.6 is 12.2 Å². The second kappa shape index (κ2) is 8.85. The van der Waals surface area contributed by atoms with E-state index in [0.29, 0.717) is 18.3 Å². The first-order valence-corrected chi connectivity index (χ1v) is 9.40. The fraction of sp³-hybridized carbons (Fsp3) is 0.400. The number of piperidine rings is 1. The van der Waals surface area contributed by atoms with Crippen molar-refractivity contribution in [1.82, 2.24) is 10.2 Å². The first-order chi connectivity index (χ1) is 12.7. The molecule has 0 saturated carbocycles. The van der Waals surface area contributed by atoms with Crippen LogP contribution in [0.5, 0.6) is 5.75 Å². The Labute approximate surface area is 159 Å². The lowest BCUT2D eigenvalue weighted by Gasteiger charge is -2.33. The molecule has 0 atom stereocenters. The van der Waals surface area contributed by atoms with Crippen molar-refractivity contribution in [3.05, 3.63) is 54.0 Å². The smallest absolute Gasteiger partial charge is 0.169 e. The maximum absolute atomic E-state index is 12.7. The average molecular weight is 372 g/mol. The number of thiocarbonyl (C=S) groups is 1. The van der Waals surface area contributed by atoms with Crippen molar-refractivity contribution in [3.63, 3.8) is 0 Å². The fourth-order valence-corrected chi connectivity index (χ4v) is 3.41. The zero-order valence-corrected chi connectivity index (χ0v) is 15.8. The van der Waals surface area contributed by atoms with Crippen molar-refractivity contribution in [1.29, 1.82) is 0 Å². The number of nitrogens with one attached hydrogen (secondary N) is 1. The van der Waals surface area contributed by atoms with Gasteiger partial charge in [0.25, 0.3) is 0 Å². The van der Waals surface area contributed by atoms with Crippen LogP contribution in [0.2, 0.25) is 0 Å². The topological polar surface area (TPSA) is 54.7 Å². The third-order valence-electron chi connectivity index (χ3n) is 4.60. The largest absolute Gasteiger partial charge is 0.494 e. The summed E-state index contributed by atoms with van der Waals surface area (Å²) in [5, 5.41) is 3.93. The molecule has 0 spiro atoms. The van der Waals surface area contributed by atoms with Gasteiger partial charge in [0.1, 0.15) is 11.5 Å². The highest BCUT2D eigenvalue weighted by atomic mass is 32.1. The van der Waals surface area contributed by atoms with E-state index in [-0.39, 0.29) is 11.7 Å². The van der Waals surface area contributed by atoms with E-state index in [1.165, 1.54) is 0 Å². The number of likely N-dealkylation sites (tertiary alicyclic amines) is 1. The molecule has 1 N–H and O–H groups in total. The molecule has 1 aromatic heterocycles. The monoisotopic (exact) mass is 372 g/mol. The van der Waals surface area contributed by atoms with Crippen LogP contribution in [0.3, 0.4) is 0 Å². The zero-order valence-electron chi connectivity index (χ0n) is 14.9. The number of hydrogen-bond acceptors (Lipinski definition) is 4. The molecule has 1 aliphatic rings. The lowest BCUT2D eigenvalue weighted by molar-refractivity contribution is 0.0872. The van der Waals surface area contributed by atoms with Crippen LogP contribution in [0, 0.1) is 5.92 Å². The average Bonchev–Trinajstić information content (AvgIpc) is 3.20. The van der Waals surface area contributed by atoms with Crippen molar-refractivity contribution in [2.24, 2.45) is 5.92 Å². The SMILES string of the molecule is CCOc1ccc(C(=O)C2CCN(C(=S)NCc3ccco3)CC2)cc1. The minimum Gasteiger partial charge on any atom is -0.494 e. The Morgan fingerprint density at radius 3 is 2.62 bits per heavy atom. The van der Waals surface area contributed by atoms with Gasteiger partial charge < -0.3 is 19.4 Å². The Morgan fingerprint density at radius 1 is 1.27 bits per heavy atom. The summed E-state index contributed by atoms with van der Waals surface area (Å²) >= 11 is 5.46. The first kappa shape index (κ1) is 18.5. The summed E-state index contributed by atoms with van der Waals surface area (Å²) in [6, 6.07) is 11.2. The summed E-state index contributed by atoms with van der Waals surface area (Å²) < 4.78 is 10.7. The van der Waals surface area contributed by atoms with Crippen LogP contribution in [0.15, 0.2) is 47.1 Å². The standard InChI is InChI=1S/C20H24N2O3S/c1-2-24-17-7-5-15(6-8-17)19(23)16-9-11-22(12-10-16)20(26)21-14-18-4-3-13-25-18/h3-8,13,16H,2,9-12,14H2,1H3,(H,21,26). The van der Waals surface area contributed by atoms with Crippen LogP contribution in [0.25, 0.3) is 0 Å². The van der Waals surface area contributed by atoms with Crippen LogP contribution in [-0.2, 0) is 6.54 Å². The molecule has 0 radical (unpaired) electrons. The van der Waals surface area contributed by atoms with Gasteiger partial charge in [-0.25, -0.2) is 0 Å². The molecule has 138 valence electrons.